The lowest BCUT2D eigenvalue weighted by Crippen LogP contribution is -2.30. The van der Waals surface area contributed by atoms with Crippen LogP contribution in [0.15, 0.2) is 24.3 Å². The minimum Gasteiger partial charge on any atom is -0.389 e. The zero-order chi connectivity index (χ0) is 12.4. The van der Waals surface area contributed by atoms with Gasteiger partial charge in [0.2, 0.25) is 0 Å². The molecule has 0 radical (unpaired) electrons. The standard InChI is InChI=1S/C15H19NOS/c17-15(9-5-1-2-6-10-15)11-14-16-12-7-3-4-8-13(12)18-14/h3-4,7-8,17H,1-2,5-6,9-11H2. The molecule has 0 saturated heterocycles. The molecule has 0 bridgehead atoms. The second-order valence-corrected chi connectivity index (χ2v) is 6.51. The Morgan fingerprint density at radius 3 is 2.56 bits per heavy atom. The van der Waals surface area contributed by atoms with E-state index >= 15 is 0 Å². The number of hydrogen-bond donors (Lipinski definition) is 1. The highest BCUT2D eigenvalue weighted by Gasteiger charge is 2.29. The maximum absolute atomic E-state index is 10.7. The van der Waals surface area contributed by atoms with Gasteiger partial charge in [0.1, 0.15) is 0 Å². The van der Waals surface area contributed by atoms with Crippen molar-refractivity contribution in [2.24, 2.45) is 0 Å². The summed E-state index contributed by atoms with van der Waals surface area (Å²) >= 11 is 1.73. The molecule has 1 saturated carbocycles. The quantitative estimate of drug-likeness (QED) is 0.831. The summed E-state index contributed by atoms with van der Waals surface area (Å²) in [6.45, 7) is 0. The van der Waals surface area contributed by atoms with Gasteiger partial charge in [0.05, 0.1) is 20.8 Å². The average molecular weight is 261 g/mol. The molecular formula is C15H19NOS. The van der Waals surface area contributed by atoms with Crippen LogP contribution < -0.4 is 0 Å². The number of hydrogen-bond acceptors (Lipinski definition) is 3. The first-order valence-corrected chi connectivity index (χ1v) is 7.64. The third-order valence-electron chi connectivity index (χ3n) is 3.85. The van der Waals surface area contributed by atoms with Crippen LogP contribution in [-0.2, 0) is 6.42 Å². The second kappa shape index (κ2) is 4.98. The van der Waals surface area contributed by atoms with Gasteiger partial charge in [-0.2, -0.15) is 0 Å². The van der Waals surface area contributed by atoms with Crippen LogP contribution in [0.1, 0.15) is 43.5 Å². The van der Waals surface area contributed by atoms with E-state index < -0.39 is 5.60 Å². The van der Waals surface area contributed by atoms with E-state index in [4.69, 9.17) is 0 Å². The fraction of sp³-hybridized carbons (Fsp3) is 0.533. The lowest BCUT2D eigenvalue weighted by atomic mass is 9.91. The number of aliphatic hydroxyl groups is 1. The summed E-state index contributed by atoms with van der Waals surface area (Å²) in [6, 6.07) is 8.22. The molecule has 1 N–H and O–H groups in total. The van der Waals surface area contributed by atoms with Crippen LogP contribution in [0.3, 0.4) is 0 Å². The summed E-state index contributed by atoms with van der Waals surface area (Å²) in [4.78, 5) is 4.64. The minimum atomic E-state index is -0.510. The lowest BCUT2D eigenvalue weighted by molar-refractivity contribution is 0.0252. The Morgan fingerprint density at radius 2 is 1.83 bits per heavy atom. The first-order valence-electron chi connectivity index (χ1n) is 6.82. The number of benzene rings is 1. The van der Waals surface area contributed by atoms with Crippen molar-refractivity contribution in [1.82, 2.24) is 4.98 Å². The SMILES string of the molecule is OC1(Cc2nc3ccccc3s2)CCCCCC1. The number of aromatic nitrogens is 1. The van der Waals surface area contributed by atoms with Crippen molar-refractivity contribution in [2.45, 2.75) is 50.5 Å². The van der Waals surface area contributed by atoms with Gasteiger partial charge < -0.3 is 5.11 Å². The molecule has 1 aromatic carbocycles. The molecule has 1 aliphatic carbocycles. The van der Waals surface area contributed by atoms with Crippen molar-refractivity contribution in [3.05, 3.63) is 29.3 Å². The highest BCUT2D eigenvalue weighted by atomic mass is 32.1. The van der Waals surface area contributed by atoms with Gasteiger partial charge in [0.15, 0.2) is 0 Å². The minimum absolute atomic E-state index is 0.510. The van der Waals surface area contributed by atoms with Crippen molar-refractivity contribution in [2.75, 3.05) is 0 Å². The van der Waals surface area contributed by atoms with Gasteiger partial charge in [0, 0.05) is 6.42 Å². The van der Waals surface area contributed by atoms with Gasteiger partial charge in [-0.25, -0.2) is 4.98 Å². The van der Waals surface area contributed by atoms with Gasteiger partial charge in [-0.3, -0.25) is 0 Å². The van der Waals surface area contributed by atoms with E-state index in [9.17, 15) is 5.11 Å². The highest BCUT2D eigenvalue weighted by molar-refractivity contribution is 7.18. The van der Waals surface area contributed by atoms with Crippen LogP contribution in [0, 0.1) is 0 Å². The Hall–Kier alpha value is -0.930. The average Bonchev–Trinajstić information content (AvgIpc) is 2.63. The number of para-hydroxylation sites is 1. The predicted molar refractivity (Wildman–Crippen MR) is 76.0 cm³/mol. The van der Waals surface area contributed by atoms with Crippen LogP contribution in [0.4, 0.5) is 0 Å². The number of rotatable bonds is 2. The maximum Gasteiger partial charge on any atom is 0.0967 e. The van der Waals surface area contributed by atoms with Crippen LogP contribution in [0.5, 0.6) is 0 Å². The molecule has 1 heterocycles. The van der Waals surface area contributed by atoms with E-state index in [1.807, 2.05) is 18.2 Å². The molecule has 3 heteroatoms. The molecule has 0 atom stereocenters. The van der Waals surface area contributed by atoms with Crippen molar-refractivity contribution in [1.29, 1.82) is 0 Å². The van der Waals surface area contributed by atoms with Gasteiger partial charge in [-0.15, -0.1) is 11.3 Å². The molecule has 1 fully saturated rings. The fourth-order valence-electron chi connectivity index (χ4n) is 2.84. The molecule has 3 rings (SSSR count). The van der Waals surface area contributed by atoms with Crippen molar-refractivity contribution in [3.63, 3.8) is 0 Å². The summed E-state index contributed by atoms with van der Waals surface area (Å²) in [7, 11) is 0. The van der Waals surface area contributed by atoms with Crippen molar-refractivity contribution >= 4 is 21.6 Å². The third kappa shape index (κ3) is 2.57. The van der Waals surface area contributed by atoms with Gasteiger partial charge >= 0.3 is 0 Å². The molecule has 0 unspecified atom stereocenters. The molecule has 1 aromatic heterocycles. The molecule has 0 aliphatic heterocycles. The van der Waals surface area contributed by atoms with Crippen molar-refractivity contribution in [3.8, 4) is 0 Å². The first-order chi connectivity index (χ1) is 8.75. The molecule has 2 aromatic rings. The molecule has 1 aliphatic rings. The summed E-state index contributed by atoms with van der Waals surface area (Å²) < 4.78 is 1.23. The van der Waals surface area contributed by atoms with Crippen molar-refractivity contribution < 1.29 is 5.11 Å². The zero-order valence-corrected chi connectivity index (χ0v) is 11.4. The van der Waals surface area contributed by atoms with Crippen LogP contribution in [-0.4, -0.2) is 15.7 Å². The molecular weight excluding hydrogens is 242 g/mol. The summed E-state index contributed by atoms with van der Waals surface area (Å²) in [5.41, 5.74) is 0.555. The van der Waals surface area contributed by atoms with E-state index in [1.54, 1.807) is 11.3 Å². The number of thiazole rings is 1. The second-order valence-electron chi connectivity index (χ2n) is 5.39. The normalized spacial score (nSPS) is 19.8. The Balaban J connectivity index is 1.82. The Labute approximate surface area is 112 Å². The third-order valence-corrected chi connectivity index (χ3v) is 4.89. The molecule has 0 amide bonds. The topological polar surface area (TPSA) is 33.1 Å². The van der Waals surface area contributed by atoms with Gasteiger partial charge in [-0.1, -0.05) is 37.8 Å². The van der Waals surface area contributed by atoms with E-state index in [1.165, 1.54) is 17.5 Å². The highest BCUT2D eigenvalue weighted by Crippen LogP contribution is 2.32. The first kappa shape index (κ1) is 12.1. The smallest absolute Gasteiger partial charge is 0.0967 e. The molecule has 0 spiro atoms. The fourth-order valence-corrected chi connectivity index (χ4v) is 3.94. The van der Waals surface area contributed by atoms with Gasteiger partial charge in [-0.05, 0) is 25.0 Å². The zero-order valence-electron chi connectivity index (χ0n) is 10.6. The largest absolute Gasteiger partial charge is 0.389 e. The van der Waals surface area contributed by atoms with Crippen LogP contribution >= 0.6 is 11.3 Å². The monoisotopic (exact) mass is 261 g/mol. The Bertz CT molecular complexity index is 493. The van der Waals surface area contributed by atoms with Crippen LogP contribution in [0.2, 0.25) is 0 Å². The van der Waals surface area contributed by atoms with Gasteiger partial charge in [0.25, 0.3) is 0 Å². The maximum atomic E-state index is 10.7. The number of nitrogens with zero attached hydrogens (tertiary/aromatic N) is 1. The Kier molecular flexibility index (Phi) is 3.35. The predicted octanol–water partition coefficient (Wildman–Crippen LogP) is 3.92. The molecule has 18 heavy (non-hydrogen) atoms. The molecule has 96 valence electrons. The summed E-state index contributed by atoms with van der Waals surface area (Å²) in [5.74, 6) is 0. The van der Waals surface area contributed by atoms with Crippen LogP contribution in [0.25, 0.3) is 10.2 Å². The van der Waals surface area contributed by atoms with E-state index in [0.717, 1.165) is 42.6 Å². The summed E-state index contributed by atoms with van der Waals surface area (Å²) in [6.07, 6.45) is 7.44. The summed E-state index contributed by atoms with van der Waals surface area (Å²) in [5, 5.41) is 11.8. The number of fused-ring (bicyclic) bond motifs is 1. The molecule has 2 nitrogen and oxygen atoms in total. The van der Waals surface area contributed by atoms with E-state index in [0.29, 0.717) is 0 Å². The van der Waals surface area contributed by atoms with E-state index in [-0.39, 0.29) is 0 Å². The lowest BCUT2D eigenvalue weighted by Gasteiger charge is -2.25. The Morgan fingerprint density at radius 1 is 1.11 bits per heavy atom. The van der Waals surface area contributed by atoms with E-state index in [2.05, 4.69) is 11.1 Å².